The van der Waals surface area contributed by atoms with Crippen molar-refractivity contribution < 1.29 is 4.42 Å². The van der Waals surface area contributed by atoms with E-state index in [-0.39, 0.29) is 0 Å². The first-order chi connectivity index (χ1) is 29.7. The van der Waals surface area contributed by atoms with E-state index in [4.69, 9.17) is 19.4 Å². The van der Waals surface area contributed by atoms with Crippen molar-refractivity contribution in [1.82, 2.24) is 19.5 Å². The van der Waals surface area contributed by atoms with Crippen molar-refractivity contribution in [2.24, 2.45) is 0 Å². The zero-order chi connectivity index (χ0) is 39.3. The number of benzene rings is 10. The Morgan fingerprint density at radius 1 is 0.333 bits per heavy atom. The molecule has 0 aliphatic heterocycles. The van der Waals surface area contributed by atoms with Gasteiger partial charge in [-0.1, -0.05) is 133 Å². The molecule has 13 aromatic rings. The first kappa shape index (κ1) is 32.9. The van der Waals surface area contributed by atoms with Crippen molar-refractivity contribution in [3.05, 3.63) is 194 Å². The molecule has 5 heteroatoms. The van der Waals surface area contributed by atoms with Gasteiger partial charge in [-0.05, 0) is 104 Å². The number of furan rings is 1. The molecule has 0 aliphatic rings. The van der Waals surface area contributed by atoms with Gasteiger partial charge >= 0.3 is 0 Å². The predicted molar refractivity (Wildman–Crippen MR) is 248 cm³/mol. The average Bonchev–Trinajstić information content (AvgIpc) is 3.85. The van der Waals surface area contributed by atoms with Crippen LogP contribution in [0.5, 0.6) is 0 Å². The van der Waals surface area contributed by atoms with Gasteiger partial charge in [-0.15, -0.1) is 0 Å². The quantitative estimate of drug-likeness (QED) is 0.167. The van der Waals surface area contributed by atoms with Crippen LogP contribution in [0.1, 0.15) is 0 Å². The molecule has 10 aromatic carbocycles. The van der Waals surface area contributed by atoms with E-state index in [1.165, 1.54) is 43.4 Å². The van der Waals surface area contributed by atoms with E-state index in [0.29, 0.717) is 17.5 Å². The summed E-state index contributed by atoms with van der Waals surface area (Å²) in [5, 5.41) is 13.9. The Labute approximate surface area is 343 Å². The summed E-state index contributed by atoms with van der Waals surface area (Å²) in [6.45, 7) is 0. The van der Waals surface area contributed by atoms with Crippen LogP contribution < -0.4 is 0 Å². The van der Waals surface area contributed by atoms with Gasteiger partial charge < -0.3 is 8.98 Å². The van der Waals surface area contributed by atoms with Crippen molar-refractivity contribution in [2.75, 3.05) is 0 Å². The molecule has 0 N–H and O–H groups in total. The van der Waals surface area contributed by atoms with Crippen molar-refractivity contribution in [3.63, 3.8) is 0 Å². The van der Waals surface area contributed by atoms with E-state index in [1.54, 1.807) is 0 Å². The molecule has 0 unspecified atom stereocenters. The number of rotatable bonds is 4. The monoisotopic (exact) mass is 764 g/mol. The summed E-state index contributed by atoms with van der Waals surface area (Å²) >= 11 is 0. The zero-order valence-corrected chi connectivity index (χ0v) is 32.2. The molecule has 0 bridgehead atoms. The summed E-state index contributed by atoms with van der Waals surface area (Å²) in [7, 11) is 0. The second-order valence-electron chi connectivity index (χ2n) is 15.6. The van der Waals surface area contributed by atoms with Crippen molar-refractivity contribution in [2.45, 2.75) is 0 Å². The SMILES string of the molecule is c1ccc(-c2nc(-c3ccc4oc5ccc6cc(-n7c8ccccc8c8cc9ccccc9cc87)ccc6c5c4c3)nc(-c3cc4ccccc4c4ccccc34)n2)cc1. The Morgan fingerprint density at radius 3 is 1.83 bits per heavy atom. The van der Waals surface area contributed by atoms with Gasteiger partial charge in [0.2, 0.25) is 0 Å². The fourth-order valence-electron chi connectivity index (χ4n) is 9.39. The first-order valence-corrected chi connectivity index (χ1v) is 20.3. The molecule has 0 radical (unpaired) electrons. The summed E-state index contributed by atoms with van der Waals surface area (Å²) in [5.41, 5.74) is 7.94. The molecular weight excluding hydrogens is 733 g/mol. The Kier molecular flexibility index (Phi) is 6.95. The average molecular weight is 765 g/mol. The molecule has 0 saturated heterocycles. The Morgan fingerprint density at radius 2 is 0.983 bits per heavy atom. The lowest BCUT2D eigenvalue weighted by Crippen LogP contribution is -2.00. The Balaban J connectivity index is 1.00. The fourth-order valence-corrected chi connectivity index (χ4v) is 9.39. The molecule has 13 rings (SSSR count). The molecule has 3 heterocycles. The Hall–Kier alpha value is -8.15. The smallest absolute Gasteiger partial charge is 0.164 e. The van der Waals surface area contributed by atoms with Gasteiger partial charge in [0.1, 0.15) is 11.2 Å². The molecule has 0 atom stereocenters. The highest BCUT2D eigenvalue weighted by atomic mass is 16.3. The van der Waals surface area contributed by atoms with Gasteiger partial charge in [0.25, 0.3) is 0 Å². The van der Waals surface area contributed by atoms with Crippen molar-refractivity contribution in [1.29, 1.82) is 0 Å². The van der Waals surface area contributed by atoms with Crippen LogP contribution in [-0.4, -0.2) is 19.5 Å². The zero-order valence-electron chi connectivity index (χ0n) is 32.2. The van der Waals surface area contributed by atoms with Crippen LogP contribution in [0.4, 0.5) is 0 Å². The van der Waals surface area contributed by atoms with E-state index >= 15 is 0 Å². The van der Waals surface area contributed by atoms with E-state index in [9.17, 15) is 0 Å². The predicted octanol–water partition coefficient (Wildman–Crippen LogP) is 14.5. The summed E-state index contributed by atoms with van der Waals surface area (Å²) in [6, 6.07) is 68.7. The Bertz CT molecular complexity index is 3900. The minimum absolute atomic E-state index is 0.605. The van der Waals surface area contributed by atoms with Crippen LogP contribution in [0, 0.1) is 0 Å². The molecule has 0 spiro atoms. The highest BCUT2D eigenvalue weighted by Crippen LogP contribution is 2.40. The topological polar surface area (TPSA) is 56.7 Å². The van der Waals surface area contributed by atoms with Crippen LogP contribution >= 0.6 is 0 Å². The van der Waals surface area contributed by atoms with Gasteiger partial charge in [-0.2, -0.15) is 0 Å². The third-order valence-corrected chi connectivity index (χ3v) is 12.2. The van der Waals surface area contributed by atoms with Crippen LogP contribution in [0.2, 0.25) is 0 Å². The molecule has 0 fully saturated rings. The molecule has 0 amide bonds. The van der Waals surface area contributed by atoms with E-state index in [0.717, 1.165) is 65.9 Å². The number of para-hydroxylation sites is 1. The normalized spacial score (nSPS) is 12.0. The summed E-state index contributed by atoms with van der Waals surface area (Å²) in [6.07, 6.45) is 0. The standard InChI is InChI=1S/C55H32N4O/c1-2-12-33(13-3-1)53-56-54(58-55(57-53)46-30-36-16-6-7-17-40(36)42-18-8-9-19-43(42)46)38-23-26-50-47(31-38)52-41-25-24-39(28-37(41)22-27-51(52)60-50)59-48-21-11-10-20-44(48)45-29-34-14-4-5-15-35(34)32-49(45)59/h1-32H. The van der Waals surface area contributed by atoms with Gasteiger partial charge in [0.15, 0.2) is 17.5 Å². The summed E-state index contributed by atoms with van der Waals surface area (Å²) in [5.74, 6) is 1.86. The maximum Gasteiger partial charge on any atom is 0.164 e. The van der Waals surface area contributed by atoms with Crippen LogP contribution in [-0.2, 0) is 0 Å². The molecule has 278 valence electrons. The highest BCUT2D eigenvalue weighted by Gasteiger charge is 2.19. The minimum atomic E-state index is 0.605. The number of nitrogens with zero attached hydrogens (tertiary/aromatic N) is 4. The number of fused-ring (bicyclic) bond motifs is 12. The maximum absolute atomic E-state index is 6.53. The highest BCUT2D eigenvalue weighted by molar-refractivity contribution is 6.20. The van der Waals surface area contributed by atoms with E-state index in [1.807, 2.05) is 24.3 Å². The third kappa shape index (κ3) is 4.96. The van der Waals surface area contributed by atoms with Crippen molar-refractivity contribution in [3.8, 4) is 39.9 Å². The van der Waals surface area contributed by atoms with Crippen LogP contribution in [0.3, 0.4) is 0 Å². The van der Waals surface area contributed by atoms with Gasteiger partial charge in [0, 0.05) is 43.9 Å². The first-order valence-electron chi connectivity index (χ1n) is 20.3. The van der Waals surface area contributed by atoms with Crippen molar-refractivity contribution >= 4 is 86.8 Å². The van der Waals surface area contributed by atoms with E-state index in [2.05, 4.69) is 174 Å². The second kappa shape index (κ2) is 12.7. The van der Waals surface area contributed by atoms with Crippen LogP contribution in [0.15, 0.2) is 199 Å². The fraction of sp³-hybridized carbons (Fsp3) is 0. The summed E-state index contributed by atoms with van der Waals surface area (Å²) in [4.78, 5) is 15.5. The largest absolute Gasteiger partial charge is 0.456 e. The molecule has 0 aliphatic carbocycles. The molecule has 3 aromatic heterocycles. The third-order valence-electron chi connectivity index (χ3n) is 12.2. The number of aromatic nitrogens is 4. The van der Waals surface area contributed by atoms with Gasteiger partial charge in [0.05, 0.1) is 11.0 Å². The van der Waals surface area contributed by atoms with E-state index < -0.39 is 0 Å². The molecular formula is C55H32N4O. The molecule has 5 nitrogen and oxygen atoms in total. The molecule has 60 heavy (non-hydrogen) atoms. The van der Waals surface area contributed by atoms with Gasteiger partial charge in [-0.25, -0.2) is 15.0 Å². The number of hydrogen-bond acceptors (Lipinski definition) is 4. The van der Waals surface area contributed by atoms with Crippen LogP contribution in [0.25, 0.3) is 127 Å². The number of hydrogen-bond donors (Lipinski definition) is 0. The lowest BCUT2D eigenvalue weighted by atomic mass is 9.97. The molecule has 0 saturated carbocycles. The lowest BCUT2D eigenvalue weighted by Gasteiger charge is -2.12. The minimum Gasteiger partial charge on any atom is -0.456 e. The maximum atomic E-state index is 6.53. The van der Waals surface area contributed by atoms with Gasteiger partial charge in [-0.3, -0.25) is 0 Å². The lowest BCUT2D eigenvalue weighted by molar-refractivity contribution is 0.669. The second-order valence-corrected chi connectivity index (χ2v) is 15.6. The summed E-state index contributed by atoms with van der Waals surface area (Å²) < 4.78 is 8.92.